The Bertz CT molecular complexity index is 712. The lowest BCUT2D eigenvalue weighted by atomic mass is 9.89. The van der Waals surface area contributed by atoms with E-state index in [1.165, 1.54) is 49.7 Å². The molecule has 1 aliphatic heterocycles. The molecule has 0 atom stereocenters. The predicted molar refractivity (Wildman–Crippen MR) is 116 cm³/mol. The zero-order valence-electron chi connectivity index (χ0n) is 16.7. The largest absolute Gasteiger partial charge is 0.383 e. The van der Waals surface area contributed by atoms with Crippen LogP contribution in [0.1, 0.15) is 51.9 Å². The molecule has 144 valence electrons. The molecule has 0 aromatic heterocycles. The fourth-order valence-corrected chi connectivity index (χ4v) is 4.14. The second kappa shape index (κ2) is 9.59. The quantitative estimate of drug-likeness (QED) is 0.593. The molecule has 0 aromatic carbocycles. The highest BCUT2D eigenvalue weighted by Gasteiger charge is 2.18. The molecule has 3 rings (SSSR count). The second-order valence-electron chi connectivity index (χ2n) is 7.89. The van der Waals surface area contributed by atoms with Crippen molar-refractivity contribution in [3.8, 4) is 0 Å². The SMILES string of the molecule is C=N/C(C(=C)NCC1CCCCC1)=C1/C=CC=CN1CC1=CCCC(C)=C1. The molecule has 2 aliphatic carbocycles. The van der Waals surface area contributed by atoms with Crippen LogP contribution in [-0.4, -0.2) is 24.7 Å². The van der Waals surface area contributed by atoms with Gasteiger partial charge in [0, 0.05) is 19.3 Å². The first-order valence-electron chi connectivity index (χ1n) is 10.3. The van der Waals surface area contributed by atoms with Gasteiger partial charge in [-0.05, 0) is 63.0 Å². The van der Waals surface area contributed by atoms with Crippen molar-refractivity contribution in [2.45, 2.75) is 51.9 Å². The Morgan fingerprint density at radius 1 is 1.26 bits per heavy atom. The summed E-state index contributed by atoms with van der Waals surface area (Å²) in [6.45, 7) is 12.1. The lowest BCUT2D eigenvalue weighted by Gasteiger charge is -2.28. The van der Waals surface area contributed by atoms with Gasteiger partial charge in [0.1, 0.15) is 5.70 Å². The van der Waals surface area contributed by atoms with Gasteiger partial charge in [0.2, 0.25) is 0 Å². The van der Waals surface area contributed by atoms with Crippen LogP contribution in [0.3, 0.4) is 0 Å². The van der Waals surface area contributed by atoms with Crippen LogP contribution < -0.4 is 5.32 Å². The highest BCUT2D eigenvalue weighted by atomic mass is 15.1. The summed E-state index contributed by atoms with van der Waals surface area (Å²) in [6, 6.07) is 0. The summed E-state index contributed by atoms with van der Waals surface area (Å²) in [6.07, 6.45) is 22.1. The third-order valence-electron chi connectivity index (χ3n) is 5.69. The normalized spacial score (nSPS) is 22.2. The Kier molecular flexibility index (Phi) is 6.92. The second-order valence-corrected chi connectivity index (χ2v) is 7.89. The van der Waals surface area contributed by atoms with Crippen LogP contribution in [0.15, 0.2) is 76.4 Å². The lowest BCUT2D eigenvalue weighted by molar-refractivity contribution is 0.351. The number of rotatable bonds is 7. The van der Waals surface area contributed by atoms with E-state index in [-0.39, 0.29) is 0 Å². The molecule has 1 N–H and O–H groups in total. The van der Waals surface area contributed by atoms with Crippen LogP contribution in [0, 0.1) is 5.92 Å². The number of aliphatic imine (C=N–C) groups is 1. The van der Waals surface area contributed by atoms with Crippen LogP contribution in [0.5, 0.6) is 0 Å². The minimum absolute atomic E-state index is 0.755. The van der Waals surface area contributed by atoms with Gasteiger partial charge in [0.15, 0.2) is 0 Å². The van der Waals surface area contributed by atoms with Crippen LogP contribution in [0.2, 0.25) is 0 Å². The zero-order valence-corrected chi connectivity index (χ0v) is 16.7. The Morgan fingerprint density at radius 3 is 2.81 bits per heavy atom. The number of hydrogen-bond acceptors (Lipinski definition) is 3. The molecular weight excluding hydrogens is 330 g/mol. The maximum absolute atomic E-state index is 4.34. The van der Waals surface area contributed by atoms with Gasteiger partial charge in [-0.25, -0.2) is 0 Å². The fraction of sp³-hybridized carbons (Fsp3) is 0.458. The van der Waals surface area contributed by atoms with Crippen molar-refractivity contribution in [3.05, 3.63) is 71.4 Å². The summed E-state index contributed by atoms with van der Waals surface area (Å²) >= 11 is 0. The van der Waals surface area contributed by atoms with Gasteiger partial charge in [-0.3, -0.25) is 4.99 Å². The smallest absolute Gasteiger partial charge is 0.108 e. The Hall–Kier alpha value is -2.29. The van der Waals surface area contributed by atoms with Crippen molar-refractivity contribution in [2.75, 3.05) is 13.1 Å². The van der Waals surface area contributed by atoms with Gasteiger partial charge in [0.25, 0.3) is 0 Å². The highest BCUT2D eigenvalue weighted by molar-refractivity contribution is 5.45. The van der Waals surface area contributed by atoms with E-state index in [0.29, 0.717) is 0 Å². The lowest BCUT2D eigenvalue weighted by Crippen LogP contribution is -2.27. The number of allylic oxidation sites excluding steroid dienone is 5. The molecule has 0 spiro atoms. The first-order valence-corrected chi connectivity index (χ1v) is 10.3. The van der Waals surface area contributed by atoms with Crippen LogP contribution in [-0.2, 0) is 0 Å². The molecule has 1 saturated carbocycles. The molecule has 27 heavy (non-hydrogen) atoms. The third kappa shape index (κ3) is 5.35. The molecule has 3 aliphatic rings. The van der Waals surface area contributed by atoms with Crippen LogP contribution >= 0.6 is 0 Å². The molecule has 0 bridgehead atoms. The fourth-order valence-electron chi connectivity index (χ4n) is 4.14. The van der Waals surface area contributed by atoms with Crippen molar-refractivity contribution >= 4 is 6.72 Å². The monoisotopic (exact) mass is 363 g/mol. The van der Waals surface area contributed by atoms with Crippen LogP contribution in [0.4, 0.5) is 0 Å². The van der Waals surface area contributed by atoms with E-state index in [1.807, 2.05) is 0 Å². The van der Waals surface area contributed by atoms with Gasteiger partial charge in [-0.1, -0.05) is 49.6 Å². The van der Waals surface area contributed by atoms with Crippen LogP contribution in [0.25, 0.3) is 0 Å². The maximum Gasteiger partial charge on any atom is 0.108 e. The van der Waals surface area contributed by atoms with E-state index in [4.69, 9.17) is 0 Å². The maximum atomic E-state index is 4.34. The third-order valence-corrected chi connectivity index (χ3v) is 5.69. The van der Waals surface area contributed by atoms with E-state index >= 15 is 0 Å². The molecule has 0 amide bonds. The van der Waals surface area contributed by atoms with Crippen molar-refractivity contribution in [1.29, 1.82) is 0 Å². The summed E-state index contributed by atoms with van der Waals surface area (Å²) in [7, 11) is 0. The topological polar surface area (TPSA) is 27.6 Å². The van der Waals surface area contributed by atoms with Crippen molar-refractivity contribution in [2.24, 2.45) is 10.9 Å². The number of nitrogens with zero attached hydrogens (tertiary/aromatic N) is 2. The zero-order chi connectivity index (χ0) is 19.1. The van der Waals surface area contributed by atoms with Crippen molar-refractivity contribution in [1.82, 2.24) is 10.2 Å². The molecule has 0 unspecified atom stereocenters. The van der Waals surface area contributed by atoms with E-state index in [9.17, 15) is 0 Å². The Balaban J connectivity index is 1.71. The van der Waals surface area contributed by atoms with Crippen molar-refractivity contribution < 1.29 is 0 Å². The summed E-state index contributed by atoms with van der Waals surface area (Å²) < 4.78 is 0. The molecule has 1 fully saturated rings. The van der Waals surface area contributed by atoms with E-state index in [2.05, 4.69) is 72.0 Å². The molecular formula is C24H33N3. The molecule has 3 heteroatoms. The van der Waals surface area contributed by atoms with E-state index in [0.717, 1.165) is 42.5 Å². The number of nitrogens with one attached hydrogen (secondary N) is 1. The minimum atomic E-state index is 0.755. The van der Waals surface area contributed by atoms with Gasteiger partial charge in [-0.15, -0.1) is 0 Å². The number of hydrogen-bond donors (Lipinski definition) is 1. The van der Waals surface area contributed by atoms with Gasteiger partial charge >= 0.3 is 0 Å². The average Bonchev–Trinajstić information content (AvgIpc) is 2.69. The molecule has 0 aromatic rings. The first-order chi connectivity index (χ1) is 13.2. The Labute approximate surface area is 164 Å². The highest BCUT2D eigenvalue weighted by Crippen LogP contribution is 2.26. The van der Waals surface area contributed by atoms with E-state index in [1.54, 1.807) is 0 Å². The standard InChI is InChI=1S/C24H33N3/c1-19-10-9-13-22(16-19)18-27-15-8-7-14-23(27)24(25-3)20(2)26-17-21-11-5-4-6-12-21/h7-8,13-16,21,26H,2-6,9-12,17-18H2,1H3/b24-23-. The predicted octanol–water partition coefficient (Wildman–Crippen LogP) is 5.63. The van der Waals surface area contributed by atoms with Gasteiger partial charge < -0.3 is 10.2 Å². The average molecular weight is 364 g/mol. The molecule has 0 radical (unpaired) electrons. The molecule has 1 heterocycles. The summed E-state index contributed by atoms with van der Waals surface area (Å²) in [4.78, 5) is 6.59. The molecule has 0 saturated heterocycles. The van der Waals surface area contributed by atoms with Crippen molar-refractivity contribution in [3.63, 3.8) is 0 Å². The first kappa shape index (κ1) is 19.5. The molecule has 3 nitrogen and oxygen atoms in total. The van der Waals surface area contributed by atoms with Gasteiger partial charge in [0.05, 0.1) is 11.4 Å². The van der Waals surface area contributed by atoms with Gasteiger partial charge in [-0.2, -0.15) is 0 Å². The van der Waals surface area contributed by atoms with E-state index < -0.39 is 0 Å². The minimum Gasteiger partial charge on any atom is -0.383 e. The summed E-state index contributed by atoms with van der Waals surface area (Å²) in [5.74, 6) is 0.755. The summed E-state index contributed by atoms with van der Waals surface area (Å²) in [5, 5.41) is 3.53. The Morgan fingerprint density at radius 2 is 2.07 bits per heavy atom. The summed E-state index contributed by atoms with van der Waals surface area (Å²) in [5.41, 5.74) is 5.60.